The Labute approximate surface area is 118 Å². The molecular weight excluding hydrogens is 278 g/mol. The second-order valence-corrected chi connectivity index (χ2v) is 7.19. The monoisotopic (exact) mass is 295 g/mol. The van der Waals surface area contributed by atoms with Gasteiger partial charge >= 0.3 is 0 Å². The van der Waals surface area contributed by atoms with Crippen molar-refractivity contribution in [2.24, 2.45) is 7.05 Å². The van der Waals surface area contributed by atoms with Gasteiger partial charge in [0.2, 0.25) is 10.0 Å². The Morgan fingerprint density at radius 2 is 1.75 bits per heavy atom. The van der Waals surface area contributed by atoms with Gasteiger partial charge in [-0.1, -0.05) is 0 Å². The van der Waals surface area contributed by atoms with Crippen molar-refractivity contribution in [3.05, 3.63) is 24.3 Å². The van der Waals surface area contributed by atoms with E-state index in [1.165, 1.54) is 16.8 Å². The largest absolute Gasteiger partial charge is 0.241 e. The van der Waals surface area contributed by atoms with Crippen LogP contribution in [0.3, 0.4) is 0 Å². The number of aryl methyl sites for hydroxylation is 1. The van der Waals surface area contributed by atoms with Gasteiger partial charge in [0.25, 0.3) is 0 Å². The molecule has 7 nitrogen and oxygen atoms in total. The van der Waals surface area contributed by atoms with Crippen LogP contribution >= 0.6 is 0 Å². The molecule has 1 aromatic carbocycles. The summed E-state index contributed by atoms with van der Waals surface area (Å²) < 4.78 is 28.4. The maximum absolute atomic E-state index is 12.2. The van der Waals surface area contributed by atoms with Gasteiger partial charge in [0.05, 0.1) is 4.90 Å². The van der Waals surface area contributed by atoms with Crippen molar-refractivity contribution in [2.45, 2.75) is 31.2 Å². The number of hydrogen-bond donors (Lipinski definition) is 1. The summed E-state index contributed by atoms with van der Waals surface area (Å²) in [5.41, 5.74) is 0.234. The third kappa shape index (κ3) is 3.20. The van der Waals surface area contributed by atoms with Gasteiger partial charge in [-0.05, 0) is 55.5 Å². The van der Waals surface area contributed by atoms with Crippen LogP contribution in [0.4, 0.5) is 0 Å². The standard InChI is InChI=1S/C12H17N5O2S/c1-12(2,3)14-20(18,19)10-7-5-9(6-8-10)11-13-15-16-17(11)4/h5-8,14H,1-4H3. The van der Waals surface area contributed by atoms with E-state index >= 15 is 0 Å². The summed E-state index contributed by atoms with van der Waals surface area (Å²) in [6.07, 6.45) is 0. The summed E-state index contributed by atoms with van der Waals surface area (Å²) in [4.78, 5) is 0.214. The van der Waals surface area contributed by atoms with E-state index in [0.717, 1.165) is 5.56 Å². The Balaban J connectivity index is 2.32. The molecule has 2 rings (SSSR count). The smallest absolute Gasteiger partial charge is 0.229 e. The molecule has 0 aliphatic heterocycles. The van der Waals surface area contributed by atoms with Gasteiger partial charge in [-0.3, -0.25) is 0 Å². The van der Waals surface area contributed by atoms with E-state index in [0.29, 0.717) is 5.82 Å². The van der Waals surface area contributed by atoms with Crippen molar-refractivity contribution in [2.75, 3.05) is 0 Å². The van der Waals surface area contributed by atoms with Crippen molar-refractivity contribution < 1.29 is 8.42 Å². The predicted octanol–water partition coefficient (Wildman–Crippen LogP) is 0.954. The summed E-state index contributed by atoms with van der Waals surface area (Å²) in [6.45, 7) is 5.39. The first-order valence-electron chi connectivity index (χ1n) is 6.06. The molecule has 0 fully saturated rings. The topological polar surface area (TPSA) is 89.8 Å². The Kier molecular flexibility index (Phi) is 3.61. The van der Waals surface area contributed by atoms with Gasteiger partial charge in [-0.2, -0.15) is 0 Å². The number of rotatable bonds is 3. The maximum atomic E-state index is 12.2. The molecule has 1 N–H and O–H groups in total. The first kappa shape index (κ1) is 14.6. The molecule has 0 saturated heterocycles. The third-order valence-electron chi connectivity index (χ3n) is 2.48. The van der Waals surface area contributed by atoms with Crippen LogP contribution in [0.5, 0.6) is 0 Å². The van der Waals surface area contributed by atoms with E-state index in [1.54, 1.807) is 40.0 Å². The zero-order valence-corrected chi connectivity index (χ0v) is 12.6. The van der Waals surface area contributed by atoms with Gasteiger partial charge in [0.1, 0.15) is 0 Å². The normalized spacial score (nSPS) is 12.6. The van der Waals surface area contributed by atoms with Gasteiger partial charge in [0.15, 0.2) is 5.82 Å². The van der Waals surface area contributed by atoms with Crippen molar-refractivity contribution in [1.82, 2.24) is 24.9 Å². The molecule has 0 amide bonds. The Bertz CT molecular complexity index is 698. The van der Waals surface area contributed by atoms with E-state index in [4.69, 9.17) is 0 Å². The molecule has 0 unspecified atom stereocenters. The molecule has 20 heavy (non-hydrogen) atoms. The SMILES string of the molecule is Cn1nnnc1-c1ccc(S(=O)(=O)NC(C)(C)C)cc1. The summed E-state index contributed by atoms with van der Waals surface area (Å²) in [7, 11) is -1.80. The molecule has 0 aliphatic carbocycles. The summed E-state index contributed by atoms with van der Waals surface area (Å²) in [5, 5.41) is 11.2. The lowest BCUT2D eigenvalue weighted by Gasteiger charge is -2.20. The highest BCUT2D eigenvalue weighted by molar-refractivity contribution is 7.89. The highest BCUT2D eigenvalue weighted by Gasteiger charge is 2.22. The number of tetrazole rings is 1. The quantitative estimate of drug-likeness (QED) is 0.910. The van der Waals surface area contributed by atoms with Crippen LogP contribution in [0, 0.1) is 0 Å². The molecule has 108 valence electrons. The van der Waals surface area contributed by atoms with Gasteiger partial charge in [-0.15, -0.1) is 5.10 Å². The highest BCUT2D eigenvalue weighted by Crippen LogP contribution is 2.19. The van der Waals surface area contributed by atoms with Crippen LogP contribution in [0.15, 0.2) is 29.2 Å². The molecule has 8 heteroatoms. The zero-order valence-electron chi connectivity index (χ0n) is 11.8. The molecule has 0 saturated carbocycles. The number of hydrogen-bond acceptors (Lipinski definition) is 5. The molecule has 0 spiro atoms. The molecule has 0 atom stereocenters. The fourth-order valence-corrected chi connectivity index (χ4v) is 3.14. The molecular formula is C12H17N5O2S. The minimum Gasteiger partial charge on any atom is -0.229 e. The molecule has 0 radical (unpaired) electrons. The lowest BCUT2D eigenvalue weighted by Crippen LogP contribution is -2.40. The molecule has 2 aromatic rings. The van der Waals surface area contributed by atoms with Crippen LogP contribution < -0.4 is 4.72 Å². The van der Waals surface area contributed by atoms with Crippen LogP contribution in [-0.2, 0) is 17.1 Å². The average Bonchev–Trinajstić information content (AvgIpc) is 2.72. The van der Waals surface area contributed by atoms with Crippen molar-refractivity contribution in [1.29, 1.82) is 0 Å². The van der Waals surface area contributed by atoms with E-state index < -0.39 is 15.6 Å². The van der Waals surface area contributed by atoms with Crippen LogP contribution in [0.2, 0.25) is 0 Å². The second-order valence-electron chi connectivity index (χ2n) is 5.51. The number of aromatic nitrogens is 4. The summed E-state index contributed by atoms with van der Waals surface area (Å²) in [6, 6.07) is 6.45. The van der Waals surface area contributed by atoms with Crippen LogP contribution in [0.1, 0.15) is 20.8 Å². The fraction of sp³-hybridized carbons (Fsp3) is 0.417. The Hall–Kier alpha value is -1.80. The van der Waals surface area contributed by atoms with E-state index in [1.807, 2.05) is 0 Å². The molecule has 1 aromatic heterocycles. The number of nitrogens with one attached hydrogen (secondary N) is 1. The number of benzene rings is 1. The summed E-state index contributed by atoms with van der Waals surface area (Å²) >= 11 is 0. The maximum Gasteiger partial charge on any atom is 0.241 e. The number of sulfonamides is 1. The van der Waals surface area contributed by atoms with E-state index in [2.05, 4.69) is 20.2 Å². The zero-order chi connectivity index (χ0) is 15.0. The first-order chi connectivity index (χ1) is 9.19. The van der Waals surface area contributed by atoms with E-state index in [9.17, 15) is 8.42 Å². The predicted molar refractivity (Wildman–Crippen MR) is 74.3 cm³/mol. The van der Waals surface area contributed by atoms with Gasteiger partial charge in [-0.25, -0.2) is 17.8 Å². The second kappa shape index (κ2) is 4.95. The lowest BCUT2D eigenvalue weighted by atomic mass is 10.1. The van der Waals surface area contributed by atoms with Crippen LogP contribution in [0.25, 0.3) is 11.4 Å². The minimum absolute atomic E-state index is 0.214. The average molecular weight is 295 g/mol. The van der Waals surface area contributed by atoms with Gasteiger partial charge < -0.3 is 0 Å². The lowest BCUT2D eigenvalue weighted by molar-refractivity contribution is 0.491. The first-order valence-corrected chi connectivity index (χ1v) is 7.54. The van der Waals surface area contributed by atoms with Crippen molar-refractivity contribution >= 4 is 10.0 Å². The summed E-state index contributed by atoms with van der Waals surface area (Å²) in [5.74, 6) is 0.581. The van der Waals surface area contributed by atoms with Crippen molar-refractivity contribution in [3.63, 3.8) is 0 Å². The Morgan fingerprint density at radius 1 is 1.15 bits per heavy atom. The van der Waals surface area contributed by atoms with Gasteiger partial charge in [0, 0.05) is 18.2 Å². The third-order valence-corrected chi connectivity index (χ3v) is 4.26. The highest BCUT2D eigenvalue weighted by atomic mass is 32.2. The van der Waals surface area contributed by atoms with E-state index in [-0.39, 0.29) is 4.90 Å². The molecule has 0 bridgehead atoms. The van der Waals surface area contributed by atoms with Crippen LogP contribution in [-0.4, -0.2) is 34.2 Å². The minimum atomic E-state index is -3.52. The number of nitrogens with zero attached hydrogens (tertiary/aromatic N) is 4. The fourth-order valence-electron chi connectivity index (χ4n) is 1.72. The van der Waals surface area contributed by atoms with Crippen molar-refractivity contribution in [3.8, 4) is 11.4 Å². The Morgan fingerprint density at radius 3 is 2.20 bits per heavy atom. The molecule has 0 aliphatic rings. The molecule has 1 heterocycles.